The summed E-state index contributed by atoms with van der Waals surface area (Å²) in [5, 5.41) is 4.83. The molecule has 0 radical (unpaired) electrons. The first-order chi connectivity index (χ1) is 13.4. The number of likely N-dealkylation sites (tertiary alicyclic amines) is 1. The number of thiophene rings is 1. The van der Waals surface area contributed by atoms with Gasteiger partial charge in [0, 0.05) is 23.5 Å². The number of nitrogens with zero attached hydrogens (tertiary/aromatic N) is 1. The molecule has 1 aliphatic rings. The lowest BCUT2D eigenvalue weighted by Gasteiger charge is -2.28. The van der Waals surface area contributed by atoms with Crippen molar-refractivity contribution in [3.05, 3.63) is 52.2 Å². The van der Waals surface area contributed by atoms with Crippen LogP contribution in [0.2, 0.25) is 0 Å². The van der Waals surface area contributed by atoms with Crippen molar-refractivity contribution in [3.8, 4) is 0 Å². The number of rotatable bonds is 8. The lowest BCUT2D eigenvalue weighted by molar-refractivity contribution is 0.0948. The molecule has 1 fully saturated rings. The Morgan fingerprint density at radius 1 is 1.21 bits per heavy atom. The second kappa shape index (κ2) is 9.65. The van der Waals surface area contributed by atoms with E-state index in [2.05, 4.69) is 22.0 Å². The van der Waals surface area contributed by atoms with Gasteiger partial charge >= 0.3 is 0 Å². The largest absolute Gasteiger partial charge is 0.352 e. The zero-order valence-electron chi connectivity index (χ0n) is 16.1. The number of amides is 1. The van der Waals surface area contributed by atoms with E-state index in [-0.39, 0.29) is 17.3 Å². The summed E-state index contributed by atoms with van der Waals surface area (Å²) < 4.78 is 27.6. The van der Waals surface area contributed by atoms with Crippen LogP contribution in [0.3, 0.4) is 0 Å². The van der Waals surface area contributed by atoms with Crippen LogP contribution in [0.5, 0.6) is 0 Å². The molecular formula is C20H27N3O3S2. The van der Waals surface area contributed by atoms with Crippen LogP contribution in [0.15, 0.2) is 46.7 Å². The SMILES string of the molecule is CN1CCC(CCNC(=O)c2cccc(S(=O)(=O)NCc3cccs3)c2)CC1. The quantitative estimate of drug-likeness (QED) is 0.687. The maximum absolute atomic E-state index is 12.5. The highest BCUT2D eigenvalue weighted by atomic mass is 32.2. The minimum atomic E-state index is -3.66. The fourth-order valence-electron chi connectivity index (χ4n) is 3.31. The minimum absolute atomic E-state index is 0.104. The summed E-state index contributed by atoms with van der Waals surface area (Å²) in [5.74, 6) is 0.410. The number of carbonyl (C=O) groups is 1. The van der Waals surface area contributed by atoms with E-state index in [1.807, 2.05) is 17.5 Å². The summed E-state index contributed by atoms with van der Waals surface area (Å²) in [6.45, 7) is 3.07. The smallest absolute Gasteiger partial charge is 0.251 e. The fraction of sp³-hybridized carbons (Fsp3) is 0.450. The molecule has 0 aliphatic carbocycles. The summed E-state index contributed by atoms with van der Waals surface area (Å²) in [7, 11) is -1.53. The number of piperidine rings is 1. The average Bonchev–Trinajstić information content (AvgIpc) is 3.22. The van der Waals surface area contributed by atoms with Gasteiger partial charge in [0.25, 0.3) is 5.91 Å². The molecule has 0 saturated carbocycles. The van der Waals surface area contributed by atoms with Gasteiger partial charge in [0.2, 0.25) is 10.0 Å². The standard InChI is InChI=1S/C20H27N3O3S2/c1-23-11-8-16(9-12-23)7-10-21-20(24)17-4-2-6-19(14-17)28(25,26)22-15-18-5-3-13-27-18/h2-6,13-14,16,22H,7-12,15H2,1H3,(H,21,24). The van der Waals surface area contributed by atoms with Crippen LogP contribution in [0.25, 0.3) is 0 Å². The molecule has 2 heterocycles. The zero-order valence-corrected chi connectivity index (χ0v) is 17.7. The topological polar surface area (TPSA) is 78.5 Å². The van der Waals surface area contributed by atoms with Gasteiger partial charge in [0.1, 0.15) is 0 Å². The van der Waals surface area contributed by atoms with Crippen LogP contribution in [-0.4, -0.2) is 45.9 Å². The molecule has 0 spiro atoms. The van der Waals surface area contributed by atoms with Crippen molar-refractivity contribution in [2.45, 2.75) is 30.7 Å². The fourth-order valence-corrected chi connectivity index (χ4v) is 5.10. The number of benzene rings is 1. The highest BCUT2D eigenvalue weighted by Gasteiger charge is 2.18. The third-order valence-electron chi connectivity index (χ3n) is 5.10. The molecule has 1 aromatic carbocycles. The van der Waals surface area contributed by atoms with Gasteiger partial charge < -0.3 is 10.2 Å². The van der Waals surface area contributed by atoms with E-state index >= 15 is 0 Å². The maximum atomic E-state index is 12.5. The molecule has 28 heavy (non-hydrogen) atoms. The Kier molecular flexibility index (Phi) is 7.23. The monoisotopic (exact) mass is 421 g/mol. The van der Waals surface area contributed by atoms with Crippen LogP contribution in [-0.2, 0) is 16.6 Å². The number of hydrogen-bond donors (Lipinski definition) is 2. The van der Waals surface area contributed by atoms with Crippen LogP contribution in [0.1, 0.15) is 34.5 Å². The molecule has 0 unspecified atom stereocenters. The van der Waals surface area contributed by atoms with Crippen LogP contribution < -0.4 is 10.0 Å². The number of carbonyl (C=O) groups excluding carboxylic acids is 1. The van der Waals surface area contributed by atoms with E-state index in [9.17, 15) is 13.2 Å². The molecule has 0 bridgehead atoms. The van der Waals surface area contributed by atoms with Crippen molar-refractivity contribution in [1.82, 2.24) is 14.9 Å². The molecule has 2 aromatic rings. The van der Waals surface area contributed by atoms with Crippen LogP contribution in [0, 0.1) is 5.92 Å². The lowest BCUT2D eigenvalue weighted by atomic mass is 9.94. The molecule has 3 rings (SSSR count). The summed E-state index contributed by atoms with van der Waals surface area (Å²) in [5.41, 5.74) is 0.363. The van der Waals surface area contributed by atoms with E-state index in [1.165, 1.54) is 23.5 Å². The Morgan fingerprint density at radius 3 is 2.71 bits per heavy atom. The van der Waals surface area contributed by atoms with Crippen molar-refractivity contribution in [3.63, 3.8) is 0 Å². The predicted molar refractivity (Wildman–Crippen MR) is 112 cm³/mol. The van der Waals surface area contributed by atoms with Gasteiger partial charge in [-0.1, -0.05) is 12.1 Å². The van der Waals surface area contributed by atoms with Crippen molar-refractivity contribution in [2.24, 2.45) is 5.92 Å². The highest BCUT2D eigenvalue weighted by Crippen LogP contribution is 2.19. The van der Waals surface area contributed by atoms with Crippen LogP contribution >= 0.6 is 11.3 Å². The first-order valence-electron chi connectivity index (χ1n) is 9.53. The highest BCUT2D eigenvalue weighted by molar-refractivity contribution is 7.89. The Hall–Kier alpha value is -1.74. The van der Waals surface area contributed by atoms with E-state index in [1.54, 1.807) is 12.1 Å². The van der Waals surface area contributed by atoms with Crippen molar-refractivity contribution in [1.29, 1.82) is 0 Å². The van der Waals surface area contributed by atoms with Crippen molar-refractivity contribution < 1.29 is 13.2 Å². The summed E-state index contributed by atoms with van der Waals surface area (Å²) in [4.78, 5) is 15.8. The summed E-state index contributed by atoms with van der Waals surface area (Å²) in [6, 6.07) is 9.94. The molecule has 8 heteroatoms. The van der Waals surface area contributed by atoms with Gasteiger partial charge in [-0.3, -0.25) is 4.79 Å². The van der Waals surface area contributed by atoms with Crippen molar-refractivity contribution in [2.75, 3.05) is 26.7 Å². The first-order valence-corrected chi connectivity index (χ1v) is 11.9. The Bertz CT molecular complexity index is 874. The molecule has 0 atom stereocenters. The summed E-state index contributed by atoms with van der Waals surface area (Å²) in [6.07, 6.45) is 3.28. The van der Waals surface area contributed by atoms with Gasteiger partial charge in [-0.15, -0.1) is 11.3 Å². The predicted octanol–water partition coefficient (Wildman–Crippen LogP) is 2.69. The van der Waals surface area contributed by atoms with E-state index in [4.69, 9.17) is 0 Å². The Balaban J connectivity index is 1.53. The second-order valence-corrected chi connectivity index (χ2v) is 10.0. The molecule has 2 N–H and O–H groups in total. The van der Waals surface area contributed by atoms with E-state index < -0.39 is 10.0 Å². The normalized spacial score (nSPS) is 16.2. The van der Waals surface area contributed by atoms with Crippen LogP contribution in [0.4, 0.5) is 0 Å². The minimum Gasteiger partial charge on any atom is -0.352 e. The van der Waals surface area contributed by atoms with E-state index in [0.717, 1.165) is 37.2 Å². The lowest BCUT2D eigenvalue weighted by Crippen LogP contribution is -2.32. The number of hydrogen-bond acceptors (Lipinski definition) is 5. The summed E-state index contributed by atoms with van der Waals surface area (Å²) >= 11 is 1.49. The van der Waals surface area contributed by atoms with Gasteiger partial charge in [-0.05, 0) is 75.0 Å². The van der Waals surface area contributed by atoms with E-state index in [0.29, 0.717) is 18.0 Å². The average molecular weight is 422 g/mol. The first kappa shape index (κ1) is 21.0. The molecule has 1 aromatic heterocycles. The Morgan fingerprint density at radius 2 is 2.00 bits per heavy atom. The van der Waals surface area contributed by atoms with Gasteiger partial charge in [-0.2, -0.15) is 0 Å². The van der Waals surface area contributed by atoms with Gasteiger partial charge in [0.15, 0.2) is 0 Å². The molecule has 1 aliphatic heterocycles. The molecule has 1 saturated heterocycles. The number of nitrogens with one attached hydrogen (secondary N) is 2. The molecule has 6 nitrogen and oxygen atoms in total. The molecular weight excluding hydrogens is 394 g/mol. The maximum Gasteiger partial charge on any atom is 0.251 e. The van der Waals surface area contributed by atoms with Gasteiger partial charge in [-0.25, -0.2) is 13.1 Å². The van der Waals surface area contributed by atoms with Crippen molar-refractivity contribution >= 4 is 27.3 Å². The number of sulfonamides is 1. The zero-order chi connectivity index (χ0) is 20.0. The third kappa shape index (κ3) is 5.88. The van der Waals surface area contributed by atoms with Gasteiger partial charge in [0.05, 0.1) is 4.90 Å². The third-order valence-corrected chi connectivity index (χ3v) is 7.37. The second-order valence-electron chi connectivity index (χ2n) is 7.22. The molecule has 152 valence electrons. The molecule has 1 amide bonds. The Labute approximate surface area is 171 Å².